The lowest BCUT2D eigenvalue weighted by Gasteiger charge is -2.11. The number of ether oxygens (including phenoxy) is 1. The molecule has 0 aromatic rings. The van der Waals surface area contributed by atoms with Crippen molar-refractivity contribution in [3.8, 4) is 0 Å². The van der Waals surface area contributed by atoms with E-state index in [1.54, 1.807) is 6.92 Å². The fraction of sp³-hybridized carbons (Fsp3) is 0.923. The van der Waals surface area contributed by atoms with E-state index in [1.165, 1.54) is 12.8 Å². The molecule has 0 rings (SSSR count). The SMILES string of the molecule is CCOC(=O)CC(O)CCCCC(C)CC. The van der Waals surface area contributed by atoms with Crippen LogP contribution in [0.15, 0.2) is 0 Å². The Balaban J connectivity index is 3.43. The van der Waals surface area contributed by atoms with E-state index in [0.29, 0.717) is 13.0 Å². The van der Waals surface area contributed by atoms with Crippen LogP contribution in [0.4, 0.5) is 0 Å². The van der Waals surface area contributed by atoms with Crippen LogP contribution in [0.1, 0.15) is 59.3 Å². The molecule has 0 bridgehead atoms. The third-order valence-electron chi connectivity index (χ3n) is 2.89. The molecule has 1 N–H and O–H groups in total. The van der Waals surface area contributed by atoms with Crippen LogP contribution in [0, 0.1) is 5.92 Å². The van der Waals surface area contributed by atoms with Crippen LogP contribution in [0.3, 0.4) is 0 Å². The van der Waals surface area contributed by atoms with Gasteiger partial charge in [-0.3, -0.25) is 4.79 Å². The average molecular weight is 230 g/mol. The van der Waals surface area contributed by atoms with Crippen LogP contribution >= 0.6 is 0 Å². The van der Waals surface area contributed by atoms with E-state index in [0.717, 1.165) is 18.8 Å². The Kier molecular flexibility index (Phi) is 9.30. The van der Waals surface area contributed by atoms with Crippen molar-refractivity contribution in [1.82, 2.24) is 0 Å². The first kappa shape index (κ1) is 15.4. The van der Waals surface area contributed by atoms with Crippen molar-refractivity contribution in [3.05, 3.63) is 0 Å². The Hall–Kier alpha value is -0.570. The molecule has 2 atom stereocenters. The van der Waals surface area contributed by atoms with Gasteiger partial charge < -0.3 is 9.84 Å². The molecular formula is C13H26O3. The summed E-state index contributed by atoms with van der Waals surface area (Å²) in [4.78, 5) is 11.1. The Morgan fingerprint density at radius 2 is 1.88 bits per heavy atom. The van der Waals surface area contributed by atoms with Gasteiger partial charge in [-0.25, -0.2) is 0 Å². The molecule has 0 radical (unpaired) electrons. The number of hydrogen-bond acceptors (Lipinski definition) is 3. The standard InChI is InChI=1S/C13H26O3/c1-4-11(3)8-6-7-9-12(14)10-13(15)16-5-2/h11-12,14H,4-10H2,1-3H3. The molecule has 3 heteroatoms. The van der Waals surface area contributed by atoms with Gasteiger partial charge in [0.1, 0.15) is 0 Å². The zero-order valence-corrected chi connectivity index (χ0v) is 10.9. The van der Waals surface area contributed by atoms with Crippen LogP contribution in [0.25, 0.3) is 0 Å². The van der Waals surface area contributed by atoms with E-state index >= 15 is 0 Å². The van der Waals surface area contributed by atoms with E-state index < -0.39 is 6.10 Å². The molecule has 0 aromatic heterocycles. The quantitative estimate of drug-likeness (QED) is 0.489. The maximum atomic E-state index is 11.1. The van der Waals surface area contributed by atoms with Gasteiger partial charge in [0.05, 0.1) is 19.1 Å². The lowest BCUT2D eigenvalue weighted by Crippen LogP contribution is -2.15. The van der Waals surface area contributed by atoms with E-state index in [1.807, 2.05) is 0 Å². The summed E-state index contributed by atoms with van der Waals surface area (Å²) in [5.74, 6) is 0.471. The number of rotatable bonds is 9. The largest absolute Gasteiger partial charge is 0.466 e. The summed E-state index contributed by atoms with van der Waals surface area (Å²) in [5, 5.41) is 9.57. The minimum Gasteiger partial charge on any atom is -0.466 e. The monoisotopic (exact) mass is 230 g/mol. The number of esters is 1. The summed E-state index contributed by atoms with van der Waals surface area (Å²) in [5.41, 5.74) is 0. The van der Waals surface area contributed by atoms with Crippen molar-refractivity contribution in [2.24, 2.45) is 5.92 Å². The number of carbonyl (C=O) groups excluding carboxylic acids is 1. The minimum atomic E-state index is -0.531. The second-order valence-electron chi connectivity index (χ2n) is 4.46. The van der Waals surface area contributed by atoms with Crippen molar-refractivity contribution in [3.63, 3.8) is 0 Å². The normalized spacial score (nSPS) is 14.5. The third-order valence-corrected chi connectivity index (χ3v) is 2.89. The Morgan fingerprint density at radius 1 is 1.25 bits per heavy atom. The molecule has 16 heavy (non-hydrogen) atoms. The summed E-state index contributed by atoms with van der Waals surface area (Å²) in [6.07, 6.45) is 4.86. The van der Waals surface area contributed by atoms with Gasteiger partial charge in [0.25, 0.3) is 0 Å². The number of aliphatic hydroxyl groups is 1. The first-order chi connectivity index (χ1) is 7.60. The van der Waals surface area contributed by atoms with E-state index in [2.05, 4.69) is 13.8 Å². The molecule has 0 aliphatic carbocycles. The van der Waals surface area contributed by atoms with Gasteiger partial charge in [-0.1, -0.05) is 39.5 Å². The third kappa shape index (κ3) is 8.72. The van der Waals surface area contributed by atoms with Crippen LogP contribution in [0.2, 0.25) is 0 Å². The maximum absolute atomic E-state index is 11.1. The van der Waals surface area contributed by atoms with Crippen LogP contribution < -0.4 is 0 Å². The summed E-state index contributed by atoms with van der Waals surface area (Å²) in [7, 11) is 0. The van der Waals surface area contributed by atoms with Crippen molar-refractivity contribution in [1.29, 1.82) is 0 Å². The lowest BCUT2D eigenvalue weighted by atomic mass is 9.99. The van der Waals surface area contributed by atoms with Crippen LogP contribution in [0.5, 0.6) is 0 Å². The molecule has 0 saturated carbocycles. The molecular weight excluding hydrogens is 204 g/mol. The zero-order valence-electron chi connectivity index (χ0n) is 10.9. The second-order valence-corrected chi connectivity index (χ2v) is 4.46. The molecule has 0 aliphatic rings. The molecule has 96 valence electrons. The average Bonchev–Trinajstić information content (AvgIpc) is 2.24. The first-order valence-electron chi connectivity index (χ1n) is 6.43. The van der Waals surface area contributed by atoms with E-state index in [-0.39, 0.29) is 12.4 Å². The van der Waals surface area contributed by atoms with Crippen molar-refractivity contribution in [2.75, 3.05) is 6.61 Å². The van der Waals surface area contributed by atoms with E-state index in [4.69, 9.17) is 4.74 Å². The molecule has 0 fully saturated rings. The molecule has 3 nitrogen and oxygen atoms in total. The predicted molar refractivity (Wildman–Crippen MR) is 65.2 cm³/mol. The number of carbonyl (C=O) groups is 1. The minimum absolute atomic E-state index is 0.136. The lowest BCUT2D eigenvalue weighted by molar-refractivity contribution is -0.145. The molecule has 0 amide bonds. The highest BCUT2D eigenvalue weighted by Crippen LogP contribution is 2.14. The Labute approximate surface area is 99.2 Å². The Morgan fingerprint density at radius 3 is 2.44 bits per heavy atom. The molecule has 2 unspecified atom stereocenters. The highest BCUT2D eigenvalue weighted by Gasteiger charge is 2.11. The smallest absolute Gasteiger partial charge is 0.308 e. The Bertz CT molecular complexity index is 180. The van der Waals surface area contributed by atoms with Gasteiger partial charge in [-0.15, -0.1) is 0 Å². The fourth-order valence-corrected chi connectivity index (χ4v) is 1.59. The summed E-state index contributed by atoms with van der Waals surface area (Å²) in [6.45, 7) is 6.60. The topological polar surface area (TPSA) is 46.5 Å². The predicted octanol–water partition coefficient (Wildman–Crippen LogP) is 2.91. The van der Waals surface area contributed by atoms with Crippen molar-refractivity contribution >= 4 is 5.97 Å². The van der Waals surface area contributed by atoms with Gasteiger partial charge in [0.15, 0.2) is 0 Å². The van der Waals surface area contributed by atoms with Crippen LogP contribution in [-0.4, -0.2) is 23.8 Å². The van der Waals surface area contributed by atoms with Crippen molar-refractivity contribution in [2.45, 2.75) is 65.4 Å². The summed E-state index contributed by atoms with van der Waals surface area (Å²) in [6, 6.07) is 0. The molecule has 0 aliphatic heterocycles. The summed E-state index contributed by atoms with van der Waals surface area (Å²) >= 11 is 0. The van der Waals surface area contributed by atoms with Crippen molar-refractivity contribution < 1.29 is 14.6 Å². The fourth-order valence-electron chi connectivity index (χ4n) is 1.59. The molecule has 0 saturated heterocycles. The van der Waals surface area contributed by atoms with Gasteiger partial charge in [-0.05, 0) is 19.3 Å². The number of aliphatic hydroxyl groups excluding tert-OH is 1. The van der Waals surface area contributed by atoms with Gasteiger partial charge in [-0.2, -0.15) is 0 Å². The molecule has 0 spiro atoms. The number of unbranched alkanes of at least 4 members (excludes halogenated alkanes) is 1. The second kappa shape index (κ2) is 9.64. The molecule has 0 heterocycles. The number of hydrogen-bond donors (Lipinski definition) is 1. The summed E-state index contributed by atoms with van der Waals surface area (Å²) < 4.78 is 4.78. The van der Waals surface area contributed by atoms with Gasteiger partial charge >= 0.3 is 5.97 Å². The van der Waals surface area contributed by atoms with Gasteiger partial charge in [0.2, 0.25) is 0 Å². The molecule has 0 aromatic carbocycles. The van der Waals surface area contributed by atoms with E-state index in [9.17, 15) is 9.90 Å². The maximum Gasteiger partial charge on any atom is 0.308 e. The van der Waals surface area contributed by atoms with Crippen LogP contribution in [-0.2, 0) is 9.53 Å². The first-order valence-corrected chi connectivity index (χ1v) is 6.43. The zero-order chi connectivity index (χ0) is 12.4. The van der Waals surface area contributed by atoms with Gasteiger partial charge in [0, 0.05) is 0 Å². The highest BCUT2D eigenvalue weighted by atomic mass is 16.5. The highest BCUT2D eigenvalue weighted by molar-refractivity contribution is 5.69.